The third-order valence-electron chi connectivity index (χ3n) is 5.79. The second-order valence-corrected chi connectivity index (χ2v) is 7.60. The first-order valence-electron chi connectivity index (χ1n) is 9.76. The van der Waals surface area contributed by atoms with Gasteiger partial charge < -0.3 is 16.2 Å². The highest BCUT2D eigenvalue weighted by Crippen LogP contribution is 2.38. The van der Waals surface area contributed by atoms with Gasteiger partial charge >= 0.3 is 0 Å². The Balaban J connectivity index is 1.70. The summed E-state index contributed by atoms with van der Waals surface area (Å²) in [6, 6.07) is 16.1. The maximum absolute atomic E-state index is 11.9. The van der Waals surface area contributed by atoms with Crippen LogP contribution in [0.5, 0.6) is 5.75 Å². The number of hydrogen-bond donors (Lipinski definition) is 2. The van der Waals surface area contributed by atoms with Crippen LogP contribution in [0.1, 0.15) is 46.9 Å². The Bertz CT molecular complexity index is 823. The lowest BCUT2D eigenvalue weighted by Gasteiger charge is -2.43. The molecule has 142 valence electrons. The zero-order valence-corrected chi connectivity index (χ0v) is 15.5. The lowest BCUT2D eigenvalue weighted by Crippen LogP contribution is -2.51. The van der Waals surface area contributed by atoms with E-state index in [1.165, 1.54) is 11.1 Å². The molecule has 0 aromatic heterocycles. The summed E-state index contributed by atoms with van der Waals surface area (Å²) in [4.78, 5) is 14.3. The van der Waals surface area contributed by atoms with Gasteiger partial charge in [-0.1, -0.05) is 36.4 Å². The minimum absolute atomic E-state index is 0.138. The SMILES string of the molecule is NC(=O)c1ccccc1O[C@H]1c2ccccc2CC[C@@H]1N1CCC[C@H](N)C1. The molecule has 5 heteroatoms. The number of carbonyl (C=O) groups is 1. The fourth-order valence-electron chi connectivity index (χ4n) is 4.47. The predicted octanol–water partition coefficient (Wildman–Crippen LogP) is 2.64. The van der Waals surface area contributed by atoms with Crippen LogP contribution in [0, 0.1) is 0 Å². The van der Waals surface area contributed by atoms with Crippen LogP contribution in [0.3, 0.4) is 0 Å². The molecule has 0 unspecified atom stereocenters. The van der Waals surface area contributed by atoms with Crippen molar-refractivity contribution in [1.29, 1.82) is 0 Å². The number of piperidine rings is 1. The number of nitrogens with two attached hydrogens (primary N) is 2. The minimum Gasteiger partial charge on any atom is -0.483 e. The number of fused-ring (bicyclic) bond motifs is 1. The van der Waals surface area contributed by atoms with Crippen molar-refractivity contribution in [1.82, 2.24) is 4.90 Å². The van der Waals surface area contributed by atoms with Crippen LogP contribution in [-0.4, -0.2) is 36.0 Å². The summed E-state index contributed by atoms with van der Waals surface area (Å²) in [6.07, 6.45) is 4.11. The van der Waals surface area contributed by atoms with Gasteiger partial charge in [-0.05, 0) is 55.5 Å². The molecule has 0 radical (unpaired) electrons. The van der Waals surface area contributed by atoms with E-state index in [9.17, 15) is 4.79 Å². The first kappa shape index (κ1) is 18.0. The molecule has 0 saturated carbocycles. The standard InChI is InChI=1S/C22H27N3O2/c23-16-7-5-13-25(14-16)19-12-11-15-6-1-2-8-17(15)21(19)27-20-10-4-3-9-18(20)22(24)26/h1-4,6,8-10,16,19,21H,5,7,11-14,23H2,(H2,24,26)/t16-,19-,21-/m0/s1. The second kappa shape index (κ2) is 7.71. The monoisotopic (exact) mass is 365 g/mol. The van der Waals surface area contributed by atoms with Gasteiger partial charge in [0.1, 0.15) is 11.9 Å². The van der Waals surface area contributed by atoms with Gasteiger partial charge in [-0.2, -0.15) is 0 Å². The first-order valence-corrected chi connectivity index (χ1v) is 9.76. The quantitative estimate of drug-likeness (QED) is 0.873. The van der Waals surface area contributed by atoms with Gasteiger partial charge in [-0.15, -0.1) is 0 Å². The van der Waals surface area contributed by atoms with E-state index in [0.29, 0.717) is 11.3 Å². The number of amides is 1. The van der Waals surface area contributed by atoms with Gasteiger partial charge in [0.05, 0.1) is 11.6 Å². The Labute approximate surface area is 160 Å². The highest BCUT2D eigenvalue weighted by Gasteiger charge is 2.37. The Morgan fingerprint density at radius 3 is 2.67 bits per heavy atom. The van der Waals surface area contributed by atoms with Crippen molar-refractivity contribution in [2.45, 2.75) is 43.9 Å². The number of benzene rings is 2. The van der Waals surface area contributed by atoms with E-state index in [1.54, 1.807) is 6.07 Å². The predicted molar refractivity (Wildman–Crippen MR) is 106 cm³/mol. The highest BCUT2D eigenvalue weighted by molar-refractivity contribution is 5.95. The van der Waals surface area contributed by atoms with Crippen LogP contribution in [0.2, 0.25) is 0 Å². The fraction of sp³-hybridized carbons (Fsp3) is 0.409. The second-order valence-electron chi connectivity index (χ2n) is 7.60. The highest BCUT2D eigenvalue weighted by atomic mass is 16.5. The normalized spacial score (nSPS) is 25.6. The topological polar surface area (TPSA) is 81.6 Å². The number of nitrogens with zero attached hydrogens (tertiary/aromatic N) is 1. The van der Waals surface area contributed by atoms with E-state index in [1.807, 2.05) is 18.2 Å². The lowest BCUT2D eigenvalue weighted by molar-refractivity contribution is 0.0362. The summed E-state index contributed by atoms with van der Waals surface area (Å²) in [5.74, 6) is 0.0873. The summed E-state index contributed by atoms with van der Waals surface area (Å²) in [7, 11) is 0. The zero-order chi connectivity index (χ0) is 18.8. The summed E-state index contributed by atoms with van der Waals surface area (Å²) in [5.41, 5.74) is 14.8. The zero-order valence-electron chi connectivity index (χ0n) is 15.5. The van der Waals surface area contributed by atoms with Gasteiger partial charge in [-0.3, -0.25) is 9.69 Å². The number of ether oxygens (including phenoxy) is 1. The number of aryl methyl sites for hydroxylation is 1. The van der Waals surface area contributed by atoms with E-state index in [2.05, 4.69) is 29.2 Å². The summed E-state index contributed by atoms with van der Waals surface area (Å²) < 4.78 is 6.49. The Kier molecular flexibility index (Phi) is 5.14. The van der Waals surface area contributed by atoms with Crippen molar-refractivity contribution in [3.63, 3.8) is 0 Å². The molecule has 1 aliphatic heterocycles. The van der Waals surface area contributed by atoms with Crippen molar-refractivity contribution in [3.8, 4) is 5.75 Å². The average molecular weight is 365 g/mol. The number of primary amides is 1. The molecule has 2 aliphatic rings. The fourth-order valence-corrected chi connectivity index (χ4v) is 4.47. The molecule has 27 heavy (non-hydrogen) atoms. The van der Waals surface area contributed by atoms with Crippen molar-refractivity contribution in [2.75, 3.05) is 13.1 Å². The third-order valence-corrected chi connectivity index (χ3v) is 5.79. The van der Waals surface area contributed by atoms with Crippen LogP contribution in [0.4, 0.5) is 0 Å². The maximum Gasteiger partial charge on any atom is 0.252 e. The van der Waals surface area contributed by atoms with E-state index in [0.717, 1.165) is 38.8 Å². The molecule has 1 aliphatic carbocycles. The molecule has 0 spiro atoms. The minimum atomic E-state index is -0.466. The van der Waals surface area contributed by atoms with Gasteiger partial charge in [0.25, 0.3) is 5.91 Å². The molecule has 0 bridgehead atoms. The molecule has 3 atom stereocenters. The molecule has 1 amide bonds. The third kappa shape index (κ3) is 3.70. The Morgan fingerprint density at radius 2 is 1.85 bits per heavy atom. The maximum atomic E-state index is 11.9. The van der Waals surface area contributed by atoms with Gasteiger partial charge in [-0.25, -0.2) is 0 Å². The van der Waals surface area contributed by atoms with Crippen LogP contribution in [0.15, 0.2) is 48.5 Å². The lowest BCUT2D eigenvalue weighted by atomic mass is 9.84. The summed E-state index contributed by atoms with van der Waals surface area (Å²) in [5, 5.41) is 0. The van der Waals surface area contributed by atoms with Crippen LogP contribution < -0.4 is 16.2 Å². The number of rotatable bonds is 4. The molecule has 2 aromatic carbocycles. The van der Waals surface area contributed by atoms with Gasteiger partial charge in [0.2, 0.25) is 0 Å². The summed E-state index contributed by atoms with van der Waals surface area (Å²) in [6.45, 7) is 1.93. The van der Waals surface area contributed by atoms with E-state index in [4.69, 9.17) is 16.2 Å². The Hall–Kier alpha value is -2.37. The number of para-hydroxylation sites is 1. The molecule has 4 rings (SSSR count). The molecule has 4 N–H and O–H groups in total. The van der Waals surface area contributed by atoms with Crippen molar-refractivity contribution in [3.05, 3.63) is 65.2 Å². The molecular weight excluding hydrogens is 338 g/mol. The van der Waals surface area contributed by atoms with E-state index < -0.39 is 5.91 Å². The van der Waals surface area contributed by atoms with Gasteiger partial charge in [0, 0.05) is 12.6 Å². The molecule has 1 fully saturated rings. The molecule has 1 saturated heterocycles. The van der Waals surface area contributed by atoms with Crippen molar-refractivity contribution < 1.29 is 9.53 Å². The number of likely N-dealkylation sites (tertiary alicyclic amines) is 1. The van der Waals surface area contributed by atoms with E-state index in [-0.39, 0.29) is 18.2 Å². The molecule has 5 nitrogen and oxygen atoms in total. The van der Waals surface area contributed by atoms with E-state index >= 15 is 0 Å². The number of hydrogen-bond acceptors (Lipinski definition) is 4. The molecule has 1 heterocycles. The van der Waals surface area contributed by atoms with Crippen molar-refractivity contribution >= 4 is 5.91 Å². The Morgan fingerprint density at radius 1 is 1.07 bits per heavy atom. The molecular formula is C22H27N3O2. The number of carbonyl (C=O) groups excluding carboxylic acids is 1. The average Bonchev–Trinajstić information content (AvgIpc) is 2.68. The van der Waals surface area contributed by atoms with Crippen molar-refractivity contribution in [2.24, 2.45) is 11.5 Å². The van der Waals surface area contributed by atoms with Gasteiger partial charge in [0.15, 0.2) is 0 Å². The van der Waals surface area contributed by atoms with Crippen LogP contribution >= 0.6 is 0 Å². The first-order chi connectivity index (χ1) is 13.1. The van der Waals surface area contributed by atoms with Crippen LogP contribution in [0.25, 0.3) is 0 Å². The summed E-state index contributed by atoms with van der Waals surface area (Å²) >= 11 is 0. The largest absolute Gasteiger partial charge is 0.483 e. The smallest absolute Gasteiger partial charge is 0.252 e. The molecule has 2 aromatic rings. The van der Waals surface area contributed by atoms with Crippen LogP contribution in [-0.2, 0) is 6.42 Å².